The zero-order chi connectivity index (χ0) is 12.3. The van der Waals surface area contributed by atoms with E-state index in [4.69, 9.17) is 0 Å². The molecule has 0 aromatic heterocycles. The smallest absolute Gasteiger partial charge is 0.237 e. The van der Waals surface area contributed by atoms with Gasteiger partial charge in [0.2, 0.25) is 5.91 Å². The lowest BCUT2D eigenvalue weighted by atomic mass is 10.2. The van der Waals surface area contributed by atoms with E-state index in [1.54, 1.807) is 12.1 Å². The van der Waals surface area contributed by atoms with Crippen molar-refractivity contribution in [2.45, 2.75) is 25.1 Å². The molecule has 0 radical (unpaired) electrons. The normalized spacial score (nSPS) is 23.6. The zero-order valence-corrected chi connectivity index (χ0v) is 9.32. The SMILES string of the molecule is O=C(NCc1cccc(F)c1)C1CC(O)CN1. The molecule has 0 aliphatic carbocycles. The van der Waals surface area contributed by atoms with Crippen LogP contribution in [0.5, 0.6) is 0 Å². The molecule has 0 spiro atoms. The number of amides is 1. The summed E-state index contributed by atoms with van der Waals surface area (Å²) >= 11 is 0. The van der Waals surface area contributed by atoms with E-state index in [1.165, 1.54) is 12.1 Å². The minimum Gasteiger partial charge on any atom is -0.392 e. The van der Waals surface area contributed by atoms with Crippen LogP contribution in [-0.4, -0.2) is 29.7 Å². The Labute approximate surface area is 98.8 Å². The number of carbonyl (C=O) groups is 1. The summed E-state index contributed by atoms with van der Waals surface area (Å²) in [5.74, 6) is -0.475. The van der Waals surface area contributed by atoms with Crippen molar-refractivity contribution < 1.29 is 14.3 Å². The van der Waals surface area contributed by atoms with Crippen LogP contribution in [0.15, 0.2) is 24.3 Å². The molecule has 92 valence electrons. The van der Waals surface area contributed by atoms with E-state index in [2.05, 4.69) is 10.6 Å². The van der Waals surface area contributed by atoms with Gasteiger partial charge in [-0.3, -0.25) is 4.79 Å². The fourth-order valence-electron chi connectivity index (χ4n) is 1.88. The molecule has 1 amide bonds. The number of nitrogens with one attached hydrogen (secondary N) is 2. The second-order valence-electron chi connectivity index (χ2n) is 4.20. The fourth-order valence-corrected chi connectivity index (χ4v) is 1.88. The van der Waals surface area contributed by atoms with Crippen molar-refractivity contribution in [2.75, 3.05) is 6.54 Å². The number of carbonyl (C=O) groups excluding carboxylic acids is 1. The molecular weight excluding hydrogens is 223 g/mol. The van der Waals surface area contributed by atoms with Crippen molar-refractivity contribution in [3.05, 3.63) is 35.6 Å². The van der Waals surface area contributed by atoms with Crippen molar-refractivity contribution in [2.24, 2.45) is 0 Å². The third-order valence-corrected chi connectivity index (χ3v) is 2.78. The first-order valence-corrected chi connectivity index (χ1v) is 5.59. The Morgan fingerprint density at radius 1 is 1.59 bits per heavy atom. The summed E-state index contributed by atoms with van der Waals surface area (Å²) < 4.78 is 12.9. The largest absolute Gasteiger partial charge is 0.392 e. The van der Waals surface area contributed by atoms with Crippen molar-refractivity contribution in [3.8, 4) is 0 Å². The first kappa shape index (κ1) is 12.0. The van der Waals surface area contributed by atoms with Crippen LogP contribution >= 0.6 is 0 Å². The molecule has 1 aromatic rings. The maximum absolute atomic E-state index is 12.9. The molecule has 5 heteroatoms. The summed E-state index contributed by atoms with van der Waals surface area (Å²) in [6, 6.07) is 5.75. The molecule has 1 saturated heterocycles. The molecule has 0 bridgehead atoms. The molecule has 1 heterocycles. The molecule has 1 aliphatic rings. The Balaban J connectivity index is 1.84. The summed E-state index contributed by atoms with van der Waals surface area (Å²) in [6.07, 6.45) is -0.0328. The van der Waals surface area contributed by atoms with Gasteiger partial charge in [-0.2, -0.15) is 0 Å². The number of hydrogen-bond acceptors (Lipinski definition) is 3. The summed E-state index contributed by atoms with van der Waals surface area (Å²) in [4.78, 5) is 11.7. The van der Waals surface area contributed by atoms with Gasteiger partial charge in [-0.1, -0.05) is 12.1 Å². The van der Waals surface area contributed by atoms with Gasteiger partial charge in [0.1, 0.15) is 5.82 Å². The molecule has 17 heavy (non-hydrogen) atoms. The second-order valence-corrected chi connectivity index (χ2v) is 4.20. The Morgan fingerprint density at radius 3 is 3.06 bits per heavy atom. The Bertz CT molecular complexity index is 411. The van der Waals surface area contributed by atoms with Crippen LogP contribution in [0.4, 0.5) is 4.39 Å². The van der Waals surface area contributed by atoms with Gasteiger partial charge in [-0.25, -0.2) is 4.39 Å². The predicted octanol–water partition coefficient (Wildman–Crippen LogP) is 0.165. The van der Waals surface area contributed by atoms with Gasteiger partial charge >= 0.3 is 0 Å². The van der Waals surface area contributed by atoms with Gasteiger partial charge in [0, 0.05) is 13.1 Å². The summed E-state index contributed by atoms with van der Waals surface area (Å²) in [6.45, 7) is 0.739. The first-order chi connectivity index (χ1) is 8.15. The molecule has 2 rings (SSSR count). The molecule has 4 nitrogen and oxygen atoms in total. The number of rotatable bonds is 3. The van der Waals surface area contributed by atoms with Gasteiger partial charge in [0.15, 0.2) is 0 Å². The Kier molecular flexibility index (Phi) is 3.71. The standard InChI is InChI=1S/C12H15FN2O2/c13-9-3-1-2-8(4-9)6-15-12(17)11-5-10(16)7-14-11/h1-4,10-11,14,16H,5-7H2,(H,15,17). The minimum absolute atomic E-state index is 0.161. The summed E-state index contributed by atoms with van der Waals surface area (Å²) in [5, 5.41) is 14.9. The average Bonchev–Trinajstić information content (AvgIpc) is 2.73. The van der Waals surface area contributed by atoms with Crippen molar-refractivity contribution >= 4 is 5.91 Å². The van der Waals surface area contributed by atoms with Gasteiger partial charge in [0.05, 0.1) is 12.1 Å². The van der Waals surface area contributed by atoms with Crippen molar-refractivity contribution in [1.29, 1.82) is 0 Å². The topological polar surface area (TPSA) is 61.4 Å². The highest BCUT2D eigenvalue weighted by atomic mass is 19.1. The Hall–Kier alpha value is -1.46. The van der Waals surface area contributed by atoms with Crippen LogP contribution in [-0.2, 0) is 11.3 Å². The lowest BCUT2D eigenvalue weighted by Gasteiger charge is -2.10. The fraction of sp³-hybridized carbons (Fsp3) is 0.417. The van der Waals surface area contributed by atoms with E-state index in [9.17, 15) is 14.3 Å². The van der Waals surface area contributed by atoms with Gasteiger partial charge in [-0.05, 0) is 24.1 Å². The highest BCUT2D eigenvalue weighted by Gasteiger charge is 2.27. The number of β-amino-alcohol motifs (C(OH)–C–C–N with tert-alkyl or cyclic N) is 1. The van der Waals surface area contributed by atoms with E-state index in [0.717, 1.165) is 5.56 Å². The maximum Gasteiger partial charge on any atom is 0.237 e. The molecule has 3 N–H and O–H groups in total. The molecule has 2 atom stereocenters. The quantitative estimate of drug-likeness (QED) is 0.703. The van der Waals surface area contributed by atoms with Gasteiger partial charge in [0.25, 0.3) is 0 Å². The molecule has 1 aliphatic heterocycles. The number of aliphatic hydroxyl groups is 1. The molecule has 1 aromatic carbocycles. The molecular formula is C12H15FN2O2. The molecule has 1 fully saturated rings. The van der Waals surface area contributed by atoms with Crippen LogP contribution in [0.1, 0.15) is 12.0 Å². The van der Waals surface area contributed by atoms with Gasteiger partial charge < -0.3 is 15.7 Å². The monoisotopic (exact) mass is 238 g/mol. The number of benzene rings is 1. The van der Waals surface area contributed by atoms with Crippen LogP contribution in [0.3, 0.4) is 0 Å². The lowest BCUT2D eigenvalue weighted by molar-refractivity contribution is -0.123. The third-order valence-electron chi connectivity index (χ3n) is 2.78. The third kappa shape index (κ3) is 3.25. The minimum atomic E-state index is -0.458. The van der Waals surface area contributed by atoms with E-state index in [-0.39, 0.29) is 17.8 Å². The van der Waals surface area contributed by atoms with E-state index in [1.807, 2.05) is 0 Å². The maximum atomic E-state index is 12.9. The lowest BCUT2D eigenvalue weighted by Crippen LogP contribution is -2.40. The first-order valence-electron chi connectivity index (χ1n) is 5.59. The van der Waals surface area contributed by atoms with Crippen molar-refractivity contribution in [1.82, 2.24) is 10.6 Å². The van der Waals surface area contributed by atoms with Crippen LogP contribution < -0.4 is 10.6 Å². The van der Waals surface area contributed by atoms with E-state index < -0.39 is 6.10 Å². The molecule has 2 unspecified atom stereocenters. The van der Waals surface area contributed by atoms with E-state index >= 15 is 0 Å². The highest BCUT2D eigenvalue weighted by Crippen LogP contribution is 2.07. The van der Waals surface area contributed by atoms with Crippen molar-refractivity contribution in [3.63, 3.8) is 0 Å². The van der Waals surface area contributed by atoms with Crippen LogP contribution in [0, 0.1) is 5.82 Å². The second kappa shape index (κ2) is 5.25. The number of halogens is 1. The van der Waals surface area contributed by atoms with E-state index in [0.29, 0.717) is 19.5 Å². The Morgan fingerprint density at radius 2 is 2.41 bits per heavy atom. The molecule has 0 saturated carbocycles. The summed E-state index contributed by atoms with van der Waals surface area (Å²) in [7, 11) is 0. The predicted molar refractivity (Wildman–Crippen MR) is 60.7 cm³/mol. The zero-order valence-electron chi connectivity index (χ0n) is 9.32. The number of hydrogen-bond donors (Lipinski definition) is 3. The van der Waals surface area contributed by atoms with Crippen LogP contribution in [0.25, 0.3) is 0 Å². The average molecular weight is 238 g/mol. The number of aliphatic hydroxyl groups excluding tert-OH is 1. The van der Waals surface area contributed by atoms with Crippen LogP contribution in [0.2, 0.25) is 0 Å². The summed E-state index contributed by atoms with van der Waals surface area (Å²) in [5.41, 5.74) is 0.719. The highest BCUT2D eigenvalue weighted by molar-refractivity contribution is 5.82. The van der Waals surface area contributed by atoms with Gasteiger partial charge in [-0.15, -0.1) is 0 Å².